The van der Waals surface area contributed by atoms with Crippen LogP contribution in [0.5, 0.6) is 5.75 Å². The summed E-state index contributed by atoms with van der Waals surface area (Å²) in [6.45, 7) is 0. The van der Waals surface area contributed by atoms with E-state index in [1.54, 1.807) is 14.2 Å². The minimum atomic E-state index is -0.752. The Balaban J connectivity index is 2.13. The van der Waals surface area contributed by atoms with Crippen molar-refractivity contribution >= 4 is 28.4 Å². The van der Waals surface area contributed by atoms with E-state index in [4.69, 9.17) is 14.2 Å². The first kappa shape index (κ1) is 19.2. The average Bonchev–Trinajstić information content (AvgIpc) is 3.14. The van der Waals surface area contributed by atoms with Gasteiger partial charge in [-0.1, -0.05) is 12.1 Å². The average molecular weight is 390 g/mol. The summed E-state index contributed by atoms with van der Waals surface area (Å²) < 4.78 is 15.3. The number of methoxy groups -OCH3 is 3. The smallest absolute Gasteiger partial charge is 0.314 e. The van der Waals surface area contributed by atoms with E-state index in [-0.39, 0.29) is 5.92 Å². The van der Waals surface area contributed by atoms with Crippen molar-refractivity contribution in [3.63, 3.8) is 0 Å². The topological polar surface area (TPSA) is 86.8 Å². The fraction of sp³-hybridized carbons (Fsp3) is 0.421. The molecule has 144 valence electrons. The minimum Gasteiger partial charge on any atom is -0.497 e. The first-order valence-corrected chi connectivity index (χ1v) is 9.32. The van der Waals surface area contributed by atoms with E-state index in [0.29, 0.717) is 11.6 Å². The van der Waals surface area contributed by atoms with Gasteiger partial charge in [-0.2, -0.15) is 0 Å². The molecule has 0 bridgehead atoms. The molecule has 1 aromatic carbocycles. The highest BCUT2D eigenvalue weighted by Crippen LogP contribution is 2.48. The maximum absolute atomic E-state index is 12.7. The number of ether oxygens (including phenoxy) is 3. The van der Waals surface area contributed by atoms with Crippen LogP contribution in [-0.4, -0.2) is 45.3 Å². The lowest BCUT2D eigenvalue weighted by atomic mass is 9.70. The third-order valence-corrected chi connectivity index (χ3v) is 6.10. The van der Waals surface area contributed by atoms with Crippen molar-refractivity contribution in [2.24, 2.45) is 5.92 Å². The molecule has 1 aromatic heterocycles. The predicted octanol–water partition coefficient (Wildman–Crippen LogP) is 2.58. The van der Waals surface area contributed by atoms with Crippen molar-refractivity contribution in [3.8, 4) is 5.75 Å². The normalized spacial score (nSPS) is 21.1. The summed E-state index contributed by atoms with van der Waals surface area (Å²) in [5, 5.41) is 3.71. The quantitative estimate of drug-likeness (QED) is 0.785. The summed E-state index contributed by atoms with van der Waals surface area (Å²) in [4.78, 5) is 30.7. The monoisotopic (exact) mass is 390 g/mol. The first-order valence-electron chi connectivity index (χ1n) is 8.51. The van der Waals surface area contributed by atoms with Crippen LogP contribution in [0, 0.1) is 5.92 Å². The van der Waals surface area contributed by atoms with Gasteiger partial charge in [-0.3, -0.25) is 9.59 Å². The number of aromatic nitrogens is 1. The number of anilines is 1. The van der Waals surface area contributed by atoms with Crippen molar-refractivity contribution in [2.75, 3.05) is 33.7 Å². The van der Waals surface area contributed by atoms with Crippen molar-refractivity contribution in [1.29, 1.82) is 0 Å². The second-order valence-electron chi connectivity index (χ2n) is 6.21. The maximum Gasteiger partial charge on any atom is 0.314 e. The summed E-state index contributed by atoms with van der Waals surface area (Å²) in [5.41, 5.74) is 1.73. The highest BCUT2D eigenvalue weighted by Gasteiger charge is 2.48. The summed E-state index contributed by atoms with van der Waals surface area (Å²) in [5.74, 6) is -1.87. The molecule has 0 saturated heterocycles. The predicted molar refractivity (Wildman–Crippen MR) is 101 cm³/mol. The standard InChI is InChI=1S/C19H22N2O5S/c1-20-19-21-13-9-12(10-5-7-11(24-2)8-6-10)14(17(22)25-3)15(16(13)27-19)18(23)26-4/h5-8,12,14-15H,9H2,1-4H3,(H,20,21)/t12-,14-,15+/m0/s1. The lowest BCUT2D eigenvalue weighted by molar-refractivity contribution is -0.155. The Hall–Kier alpha value is -2.61. The molecule has 0 aliphatic heterocycles. The Labute approximate surface area is 161 Å². The molecule has 0 radical (unpaired) electrons. The van der Waals surface area contributed by atoms with Crippen molar-refractivity contribution in [1.82, 2.24) is 4.98 Å². The van der Waals surface area contributed by atoms with Crippen LogP contribution < -0.4 is 10.1 Å². The molecule has 1 aliphatic carbocycles. The lowest BCUT2D eigenvalue weighted by Gasteiger charge is -2.34. The molecular formula is C19H22N2O5S. The van der Waals surface area contributed by atoms with E-state index < -0.39 is 23.8 Å². The number of esters is 2. The molecule has 0 fully saturated rings. The van der Waals surface area contributed by atoms with Crippen LogP contribution in [0.3, 0.4) is 0 Å². The summed E-state index contributed by atoms with van der Waals surface area (Å²) in [6.07, 6.45) is 0.535. The molecule has 1 heterocycles. The van der Waals surface area contributed by atoms with Gasteiger partial charge in [0.25, 0.3) is 0 Å². The highest BCUT2D eigenvalue weighted by atomic mass is 32.1. The Kier molecular flexibility index (Phi) is 5.65. The first-order chi connectivity index (χ1) is 13.0. The van der Waals surface area contributed by atoms with Crippen LogP contribution in [0.1, 0.15) is 28.0 Å². The number of nitrogens with zero attached hydrogens (tertiary/aromatic N) is 1. The molecule has 0 spiro atoms. The van der Waals surface area contributed by atoms with Gasteiger partial charge in [0, 0.05) is 17.8 Å². The molecule has 3 atom stereocenters. The van der Waals surface area contributed by atoms with E-state index in [9.17, 15) is 9.59 Å². The Morgan fingerprint density at radius 3 is 2.33 bits per heavy atom. The number of hydrogen-bond acceptors (Lipinski definition) is 8. The van der Waals surface area contributed by atoms with Crippen LogP contribution in [0.2, 0.25) is 0 Å². The zero-order chi connectivity index (χ0) is 19.6. The summed E-state index contributed by atoms with van der Waals surface area (Å²) in [7, 11) is 6.04. The molecule has 1 aliphatic rings. The van der Waals surface area contributed by atoms with Gasteiger partial charge in [0.15, 0.2) is 5.13 Å². The number of thiazole rings is 1. The second kappa shape index (κ2) is 7.96. The van der Waals surface area contributed by atoms with Gasteiger partial charge in [-0.05, 0) is 24.1 Å². The number of nitrogens with one attached hydrogen (secondary N) is 1. The summed E-state index contributed by atoms with van der Waals surface area (Å²) >= 11 is 1.37. The molecule has 0 saturated carbocycles. The molecule has 7 nitrogen and oxygen atoms in total. The van der Waals surface area contributed by atoms with Crippen LogP contribution in [0.4, 0.5) is 5.13 Å². The molecule has 27 heavy (non-hydrogen) atoms. The number of fused-ring (bicyclic) bond motifs is 1. The molecule has 0 unspecified atom stereocenters. The fourth-order valence-corrected chi connectivity index (χ4v) is 4.67. The van der Waals surface area contributed by atoms with Gasteiger partial charge in [0.05, 0.1) is 32.9 Å². The summed E-state index contributed by atoms with van der Waals surface area (Å²) in [6, 6.07) is 7.49. The SMILES string of the molecule is CNc1nc2c(s1)[C@H](C(=O)OC)[C@@H](C(=O)OC)[C@H](c1ccc(OC)cc1)C2. The molecule has 0 amide bonds. The van der Waals surface area contributed by atoms with Gasteiger partial charge >= 0.3 is 11.9 Å². The van der Waals surface area contributed by atoms with Crippen molar-refractivity contribution in [3.05, 3.63) is 40.4 Å². The molecule has 3 rings (SSSR count). The van der Waals surface area contributed by atoms with Gasteiger partial charge in [0.2, 0.25) is 0 Å². The molecule has 1 N–H and O–H groups in total. The van der Waals surface area contributed by atoms with E-state index >= 15 is 0 Å². The Morgan fingerprint density at radius 2 is 1.78 bits per heavy atom. The van der Waals surface area contributed by atoms with Crippen LogP contribution in [0.25, 0.3) is 0 Å². The number of carbonyl (C=O) groups excluding carboxylic acids is 2. The van der Waals surface area contributed by atoms with Gasteiger partial charge < -0.3 is 19.5 Å². The minimum absolute atomic E-state index is 0.258. The number of rotatable bonds is 5. The van der Waals surface area contributed by atoms with Gasteiger partial charge in [-0.15, -0.1) is 11.3 Å². The van der Waals surface area contributed by atoms with E-state index in [1.807, 2.05) is 24.3 Å². The highest BCUT2D eigenvalue weighted by molar-refractivity contribution is 7.16. The third kappa shape index (κ3) is 3.49. The van der Waals surface area contributed by atoms with E-state index in [1.165, 1.54) is 25.6 Å². The van der Waals surface area contributed by atoms with E-state index in [0.717, 1.165) is 21.9 Å². The Morgan fingerprint density at radius 1 is 1.11 bits per heavy atom. The number of carbonyl (C=O) groups is 2. The maximum atomic E-state index is 12.7. The van der Waals surface area contributed by atoms with E-state index in [2.05, 4.69) is 10.3 Å². The number of benzene rings is 1. The number of hydrogen-bond donors (Lipinski definition) is 1. The van der Waals surface area contributed by atoms with Gasteiger partial charge in [-0.25, -0.2) is 4.98 Å². The fourth-order valence-electron chi connectivity index (χ4n) is 3.58. The van der Waals surface area contributed by atoms with Crippen molar-refractivity contribution in [2.45, 2.75) is 18.3 Å². The van der Waals surface area contributed by atoms with Crippen LogP contribution in [0.15, 0.2) is 24.3 Å². The van der Waals surface area contributed by atoms with Crippen LogP contribution >= 0.6 is 11.3 Å². The lowest BCUT2D eigenvalue weighted by Crippen LogP contribution is -2.38. The third-order valence-electron chi connectivity index (χ3n) is 4.90. The second-order valence-corrected chi connectivity index (χ2v) is 7.24. The Bertz CT molecular complexity index is 833. The zero-order valence-corrected chi connectivity index (χ0v) is 16.5. The largest absolute Gasteiger partial charge is 0.497 e. The van der Waals surface area contributed by atoms with Gasteiger partial charge in [0.1, 0.15) is 11.7 Å². The zero-order valence-electron chi connectivity index (χ0n) is 15.6. The van der Waals surface area contributed by atoms with Crippen molar-refractivity contribution < 1.29 is 23.8 Å². The molecule has 8 heteroatoms. The van der Waals surface area contributed by atoms with Crippen LogP contribution in [-0.2, 0) is 25.5 Å². The molecular weight excluding hydrogens is 368 g/mol. The molecule has 2 aromatic rings.